The monoisotopic (exact) mass is 331 g/mol. The molecule has 0 spiro atoms. The van der Waals surface area contributed by atoms with E-state index in [1.54, 1.807) is 19.2 Å². The van der Waals surface area contributed by atoms with Crippen molar-refractivity contribution in [1.82, 2.24) is 10.6 Å². The Hall–Kier alpha value is -1.88. The zero-order chi connectivity index (χ0) is 17.4. The van der Waals surface area contributed by atoms with Crippen molar-refractivity contribution in [1.29, 1.82) is 0 Å². The maximum Gasteiger partial charge on any atom is 0.251 e. The summed E-state index contributed by atoms with van der Waals surface area (Å²) in [7, 11) is 1.61. The van der Waals surface area contributed by atoms with Crippen molar-refractivity contribution in [2.24, 2.45) is 11.7 Å². The molecule has 1 aromatic rings. The van der Waals surface area contributed by atoms with Gasteiger partial charge in [-0.05, 0) is 36.5 Å². The van der Waals surface area contributed by atoms with E-state index in [4.69, 9.17) is 5.73 Å². The maximum atomic E-state index is 12.1. The molecule has 0 aromatic heterocycles. The number of hydrogen-bond acceptors (Lipinski definition) is 3. The molecule has 0 saturated heterocycles. The number of amides is 2. The van der Waals surface area contributed by atoms with E-state index in [0.717, 1.165) is 18.4 Å². The van der Waals surface area contributed by atoms with Crippen molar-refractivity contribution in [2.75, 3.05) is 13.6 Å². The fourth-order valence-electron chi connectivity index (χ4n) is 3.32. The van der Waals surface area contributed by atoms with Gasteiger partial charge in [-0.15, -0.1) is 0 Å². The fraction of sp³-hybridized carbons (Fsp3) is 0.579. The highest BCUT2D eigenvalue weighted by molar-refractivity contribution is 5.93. The molecule has 2 amide bonds. The molecule has 1 aliphatic carbocycles. The molecule has 0 unspecified atom stereocenters. The van der Waals surface area contributed by atoms with E-state index in [1.165, 1.54) is 32.1 Å². The average Bonchev–Trinajstić information content (AvgIpc) is 2.62. The Kier molecular flexibility index (Phi) is 7.25. The van der Waals surface area contributed by atoms with Gasteiger partial charge >= 0.3 is 0 Å². The Morgan fingerprint density at radius 3 is 2.46 bits per heavy atom. The van der Waals surface area contributed by atoms with E-state index in [2.05, 4.69) is 10.6 Å². The second-order valence-corrected chi connectivity index (χ2v) is 6.66. The van der Waals surface area contributed by atoms with Crippen LogP contribution in [0.3, 0.4) is 0 Å². The number of hydrogen-bond donors (Lipinski definition) is 3. The molecule has 1 atom stereocenters. The summed E-state index contributed by atoms with van der Waals surface area (Å²) in [6, 6.07) is 7.02. The van der Waals surface area contributed by atoms with Crippen LogP contribution in [0.2, 0.25) is 0 Å². The molecule has 0 radical (unpaired) electrons. The molecule has 1 fully saturated rings. The molecule has 5 nitrogen and oxygen atoms in total. The smallest absolute Gasteiger partial charge is 0.251 e. The highest BCUT2D eigenvalue weighted by Crippen LogP contribution is 2.26. The van der Waals surface area contributed by atoms with Crippen LogP contribution in [0.5, 0.6) is 0 Å². The van der Waals surface area contributed by atoms with Crippen LogP contribution in [-0.4, -0.2) is 31.4 Å². The summed E-state index contributed by atoms with van der Waals surface area (Å²) in [4.78, 5) is 23.6. The Morgan fingerprint density at radius 2 is 1.83 bits per heavy atom. The fourth-order valence-corrected chi connectivity index (χ4v) is 3.32. The molecule has 2 rings (SSSR count). The minimum atomic E-state index is -0.399. The molecule has 1 aliphatic rings. The lowest BCUT2D eigenvalue weighted by Crippen LogP contribution is -2.42. The Morgan fingerprint density at radius 1 is 1.17 bits per heavy atom. The predicted molar refractivity (Wildman–Crippen MR) is 95.7 cm³/mol. The third-order valence-electron chi connectivity index (χ3n) is 4.80. The lowest BCUT2D eigenvalue weighted by atomic mass is 9.85. The van der Waals surface area contributed by atoms with Crippen LogP contribution in [0, 0.1) is 5.92 Å². The standard InChI is InChI=1S/C19H29N3O2/c1-21-18(23)16-9-7-14(8-10-16)11-12-22-19(24)17(20)13-15-5-3-2-4-6-15/h7-10,15,17H,2-6,11-13,20H2,1H3,(H,21,23)(H,22,24)/t17-/m1/s1. The van der Waals surface area contributed by atoms with E-state index < -0.39 is 6.04 Å². The van der Waals surface area contributed by atoms with Crippen LogP contribution in [0.15, 0.2) is 24.3 Å². The van der Waals surface area contributed by atoms with Gasteiger partial charge in [-0.1, -0.05) is 44.2 Å². The molecule has 1 aromatic carbocycles. The van der Waals surface area contributed by atoms with Gasteiger partial charge in [-0.2, -0.15) is 0 Å². The van der Waals surface area contributed by atoms with E-state index in [9.17, 15) is 9.59 Å². The van der Waals surface area contributed by atoms with Crippen LogP contribution >= 0.6 is 0 Å². The van der Waals surface area contributed by atoms with Gasteiger partial charge in [-0.25, -0.2) is 0 Å². The van der Waals surface area contributed by atoms with Gasteiger partial charge in [0.25, 0.3) is 5.91 Å². The van der Waals surface area contributed by atoms with Crippen LogP contribution in [0.4, 0.5) is 0 Å². The Bertz CT molecular complexity index is 536. The van der Waals surface area contributed by atoms with E-state index >= 15 is 0 Å². The van der Waals surface area contributed by atoms with Crippen molar-refractivity contribution < 1.29 is 9.59 Å². The minimum Gasteiger partial charge on any atom is -0.355 e. The number of rotatable bonds is 7. The Labute approximate surface area is 144 Å². The van der Waals surface area contributed by atoms with Crippen molar-refractivity contribution in [3.05, 3.63) is 35.4 Å². The van der Waals surface area contributed by atoms with Crippen molar-refractivity contribution in [3.8, 4) is 0 Å². The number of carbonyl (C=O) groups excluding carboxylic acids is 2. The normalized spacial score (nSPS) is 16.4. The first-order valence-corrected chi connectivity index (χ1v) is 8.94. The van der Waals surface area contributed by atoms with Gasteiger partial charge < -0.3 is 16.4 Å². The molecule has 0 aliphatic heterocycles. The minimum absolute atomic E-state index is 0.0532. The van der Waals surface area contributed by atoms with Gasteiger partial charge in [0.05, 0.1) is 6.04 Å². The van der Waals surface area contributed by atoms with Crippen molar-refractivity contribution >= 4 is 11.8 Å². The number of nitrogens with two attached hydrogens (primary N) is 1. The third kappa shape index (κ3) is 5.64. The molecule has 132 valence electrons. The summed E-state index contributed by atoms with van der Waals surface area (Å²) in [5.41, 5.74) is 7.77. The number of nitrogens with one attached hydrogen (secondary N) is 2. The molecular formula is C19H29N3O2. The number of benzene rings is 1. The zero-order valence-electron chi connectivity index (χ0n) is 14.5. The quantitative estimate of drug-likeness (QED) is 0.714. The average molecular weight is 331 g/mol. The van der Waals surface area contributed by atoms with Gasteiger partial charge in [0, 0.05) is 19.2 Å². The summed E-state index contributed by atoms with van der Waals surface area (Å²) < 4.78 is 0. The van der Waals surface area contributed by atoms with E-state index in [-0.39, 0.29) is 11.8 Å². The van der Waals surface area contributed by atoms with Crippen LogP contribution in [0.25, 0.3) is 0 Å². The molecule has 4 N–H and O–H groups in total. The molecular weight excluding hydrogens is 302 g/mol. The molecule has 1 saturated carbocycles. The Balaban J connectivity index is 1.70. The maximum absolute atomic E-state index is 12.1. The second-order valence-electron chi connectivity index (χ2n) is 6.66. The SMILES string of the molecule is CNC(=O)c1ccc(CCNC(=O)[C@H](N)CC2CCCCC2)cc1. The van der Waals surface area contributed by atoms with Crippen LogP contribution < -0.4 is 16.4 Å². The second kappa shape index (κ2) is 9.42. The van der Waals surface area contributed by atoms with Crippen molar-refractivity contribution in [3.63, 3.8) is 0 Å². The molecule has 24 heavy (non-hydrogen) atoms. The summed E-state index contributed by atoms with van der Waals surface area (Å²) in [5, 5.41) is 5.52. The van der Waals surface area contributed by atoms with Crippen LogP contribution in [0.1, 0.15) is 54.4 Å². The highest BCUT2D eigenvalue weighted by atomic mass is 16.2. The summed E-state index contributed by atoms with van der Waals surface area (Å²) in [6.07, 6.45) is 7.80. The zero-order valence-corrected chi connectivity index (χ0v) is 14.5. The lowest BCUT2D eigenvalue weighted by Gasteiger charge is -2.24. The molecule has 0 heterocycles. The number of carbonyl (C=O) groups is 2. The van der Waals surface area contributed by atoms with Crippen LogP contribution in [-0.2, 0) is 11.2 Å². The largest absolute Gasteiger partial charge is 0.355 e. The third-order valence-corrected chi connectivity index (χ3v) is 4.80. The van der Waals surface area contributed by atoms with Gasteiger partial charge in [0.2, 0.25) is 5.91 Å². The molecule has 0 bridgehead atoms. The molecule has 5 heteroatoms. The summed E-state index contributed by atoms with van der Waals surface area (Å²) in [5.74, 6) is 0.461. The van der Waals surface area contributed by atoms with Crippen molar-refractivity contribution in [2.45, 2.75) is 51.0 Å². The van der Waals surface area contributed by atoms with Gasteiger partial charge in [0.1, 0.15) is 0 Å². The van der Waals surface area contributed by atoms with Gasteiger partial charge in [0.15, 0.2) is 0 Å². The topological polar surface area (TPSA) is 84.2 Å². The van der Waals surface area contributed by atoms with E-state index in [0.29, 0.717) is 18.0 Å². The predicted octanol–water partition coefficient (Wildman–Crippen LogP) is 2.00. The van der Waals surface area contributed by atoms with Gasteiger partial charge in [-0.3, -0.25) is 9.59 Å². The lowest BCUT2D eigenvalue weighted by molar-refractivity contribution is -0.122. The highest BCUT2D eigenvalue weighted by Gasteiger charge is 2.20. The first-order valence-electron chi connectivity index (χ1n) is 8.94. The first-order chi connectivity index (χ1) is 11.6. The summed E-state index contributed by atoms with van der Waals surface area (Å²) >= 11 is 0. The van der Waals surface area contributed by atoms with E-state index in [1.807, 2.05) is 12.1 Å². The summed E-state index contributed by atoms with van der Waals surface area (Å²) in [6.45, 7) is 0.566. The first kappa shape index (κ1) is 18.5.